The van der Waals surface area contributed by atoms with Crippen molar-refractivity contribution in [1.29, 1.82) is 0 Å². The molecule has 0 atom stereocenters. The highest BCUT2D eigenvalue weighted by atomic mass is 19.2. The molecule has 1 aliphatic rings. The number of benzene rings is 1. The van der Waals surface area contributed by atoms with Crippen molar-refractivity contribution in [3.05, 3.63) is 34.9 Å². The summed E-state index contributed by atoms with van der Waals surface area (Å²) < 4.78 is 28.6. The lowest BCUT2D eigenvalue weighted by Gasteiger charge is -2.29. The van der Waals surface area contributed by atoms with Crippen LogP contribution in [-0.2, 0) is 6.42 Å². The Labute approximate surface area is 153 Å². The van der Waals surface area contributed by atoms with E-state index in [-0.39, 0.29) is 5.92 Å². The second-order valence-corrected chi connectivity index (χ2v) is 7.97. The van der Waals surface area contributed by atoms with E-state index in [1.54, 1.807) is 6.07 Å². The van der Waals surface area contributed by atoms with Gasteiger partial charge in [0.25, 0.3) is 0 Å². The second kappa shape index (κ2) is 10.9. The van der Waals surface area contributed by atoms with E-state index in [9.17, 15) is 8.78 Å². The molecule has 1 aromatic rings. The summed E-state index contributed by atoms with van der Waals surface area (Å²) in [5.41, 5.74) is 1.15. The van der Waals surface area contributed by atoms with Crippen LogP contribution in [0, 0.1) is 17.6 Å². The summed E-state index contributed by atoms with van der Waals surface area (Å²) in [6.07, 6.45) is 15.3. The molecule has 0 N–H and O–H groups in total. The Morgan fingerprint density at radius 3 is 2.16 bits per heavy atom. The second-order valence-electron chi connectivity index (χ2n) is 7.97. The smallest absolute Gasteiger partial charge is 0.162 e. The Bertz CT molecular complexity index is 501. The van der Waals surface area contributed by atoms with Crippen LogP contribution in [-0.4, -0.2) is 0 Å². The monoisotopic (exact) mass is 350 g/mol. The van der Waals surface area contributed by atoms with Crippen LogP contribution in [0.15, 0.2) is 12.1 Å². The SMILES string of the molecule is CCCCCCCC[C@H]1CC[C@H](c2ccc(CCC)c(F)c2F)CC1. The maximum Gasteiger partial charge on any atom is 0.162 e. The zero-order valence-corrected chi connectivity index (χ0v) is 16.3. The number of halogens is 2. The van der Waals surface area contributed by atoms with Crippen LogP contribution in [0.3, 0.4) is 0 Å². The molecule has 0 heterocycles. The average Bonchev–Trinajstić information content (AvgIpc) is 2.63. The van der Waals surface area contributed by atoms with Crippen molar-refractivity contribution in [2.24, 2.45) is 5.92 Å². The van der Waals surface area contributed by atoms with Gasteiger partial charge in [0.15, 0.2) is 11.6 Å². The first-order chi connectivity index (χ1) is 12.2. The van der Waals surface area contributed by atoms with Gasteiger partial charge in [0, 0.05) is 0 Å². The van der Waals surface area contributed by atoms with Crippen LogP contribution >= 0.6 is 0 Å². The minimum atomic E-state index is -0.603. The summed E-state index contributed by atoms with van der Waals surface area (Å²) in [6.45, 7) is 4.25. The lowest BCUT2D eigenvalue weighted by Crippen LogP contribution is -2.15. The fraction of sp³-hybridized carbons (Fsp3) is 0.739. The van der Waals surface area contributed by atoms with E-state index in [2.05, 4.69) is 6.92 Å². The van der Waals surface area contributed by atoms with Crippen LogP contribution < -0.4 is 0 Å². The first-order valence-electron chi connectivity index (χ1n) is 10.6. The summed E-state index contributed by atoms with van der Waals surface area (Å²) in [7, 11) is 0. The average molecular weight is 351 g/mol. The van der Waals surface area contributed by atoms with Gasteiger partial charge in [-0.05, 0) is 55.1 Å². The predicted molar refractivity (Wildman–Crippen MR) is 103 cm³/mol. The summed E-state index contributed by atoms with van der Waals surface area (Å²) in [4.78, 5) is 0. The first kappa shape index (κ1) is 20.4. The molecule has 0 bridgehead atoms. The molecular formula is C23H36F2. The van der Waals surface area contributed by atoms with Crippen LogP contribution in [0.25, 0.3) is 0 Å². The normalized spacial score (nSPS) is 20.8. The fourth-order valence-corrected chi connectivity index (χ4v) is 4.36. The van der Waals surface area contributed by atoms with Crippen molar-refractivity contribution in [1.82, 2.24) is 0 Å². The maximum atomic E-state index is 14.4. The maximum absolute atomic E-state index is 14.4. The van der Waals surface area contributed by atoms with Crippen molar-refractivity contribution in [3.63, 3.8) is 0 Å². The highest BCUT2D eigenvalue weighted by Crippen LogP contribution is 2.39. The summed E-state index contributed by atoms with van der Waals surface area (Å²) >= 11 is 0. The summed E-state index contributed by atoms with van der Waals surface area (Å²) in [5, 5.41) is 0. The van der Waals surface area contributed by atoms with E-state index < -0.39 is 11.6 Å². The Morgan fingerprint density at radius 1 is 0.800 bits per heavy atom. The van der Waals surface area contributed by atoms with Crippen molar-refractivity contribution >= 4 is 0 Å². The minimum Gasteiger partial charge on any atom is -0.203 e. The Kier molecular flexibility index (Phi) is 8.92. The van der Waals surface area contributed by atoms with Gasteiger partial charge in [-0.1, -0.05) is 77.3 Å². The molecule has 1 aromatic carbocycles. The van der Waals surface area contributed by atoms with Gasteiger partial charge in [-0.25, -0.2) is 8.78 Å². The third-order valence-electron chi connectivity index (χ3n) is 5.96. The van der Waals surface area contributed by atoms with Crippen molar-refractivity contribution in [2.45, 2.75) is 103 Å². The molecule has 0 radical (unpaired) electrons. The quantitative estimate of drug-likeness (QED) is 0.376. The molecule has 0 spiro atoms. The molecule has 0 unspecified atom stereocenters. The molecule has 0 nitrogen and oxygen atoms in total. The van der Waals surface area contributed by atoms with Gasteiger partial charge in [-0.3, -0.25) is 0 Å². The van der Waals surface area contributed by atoms with Crippen molar-refractivity contribution in [2.75, 3.05) is 0 Å². The molecule has 1 saturated carbocycles. The number of unbranched alkanes of at least 4 members (excludes halogenated alkanes) is 5. The number of rotatable bonds is 10. The molecule has 0 amide bonds. The Balaban J connectivity index is 1.77. The van der Waals surface area contributed by atoms with Gasteiger partial charge < -0.3 is 0 Å². The summed E-state index contributed by atoms with van der Waals surface area (Å²) in [6, 6.07) is 3.65. The minimum absolute atomic E-state index is 0.214. The van der Waals surface area contributed by atoms with E-state index in [0.717, 1.165) is 25.2 Å². The summed E-state index contributed by atoms with van der Waals surface area (Å²) in [5.74, 6) is -0.167. The first-order valence-corrected chi connectivity index (χ1v) is 10.6. The molecule has 2 heteroatoms. The Morgan fingerprint density at radius 2 is 1.48 bits per heavy atom. The standard InChI is InChI=1S/C23H36F2/c1-3-5-6-7-8-9-11-18-12-14-19(15-13-18)21-17-16-20(10-4-2)22(24)23(21)25/h16-19H,3-15H2,1-2H3/t18-,19-. The van der Waals surface area contributed by atoms with Gasteiger partial charge >= 0.3 is 0 Å². The lowest BCUT2D eigenvalue weighted by atomic mass is 9.76. The third kappa shape index (κ3) is 6.08. The zero-order chi connectivity index (χ0) is 18.1. The molecule has 1 fully saturated rings. The topological polar surface area (TPSA) is 0 Å². The molecule has 0 saturated heterocycles. The van der Waals surface area contributed by atoms with Crippen LogP contribution in [0.2, 0.25) is 0 Å². The van der Waals surface area contributed by atoms with E-state index in [0.29, 0.717) is 17.5 Å². The van der Waals surface area contributed by atoms with Crippen LogP contribution in [0.1, 0.15) is 108 Å². The molecule has 1 aliphatic carbocycles. The largest absolute Gasteiger partial charge is 0.203 e. The molecule has 142 valence electrons. The van der Waals surface area contributed by atoms with Crippen LogP contribution in [0.4, 0.5) is 8.78 Å². The van der Waals surface area contributed by atoms with Crippen LogP contribution in [0.5, 0.6) is 0 Å². The highest BCUT2D eigenvalue weighted by molar-refractivity contribution is 5.29. The van der Waals surface area contributed by atoms with E-state index in [1.165, 1.54) is 57.8 Å². The Hall–Kier alpha value is -0.920. The molecule has 25 heavy (non-hydrogen) atoms. The third-order valence-corrected chi connectivity index (χ3v) is 5.96. The van der Waals surface area contributed by atoms with Gasteiger partial charge in [0.2, 0.25) is 0 Å². The van der Waals surface area contributed by atoms with E-state index in [1.807, 2.05) is 13.0 Å². The number of hydrogen-bond donors (Lipinski definition) is 0. The highest BCUT2D eigenvalue weighted by Gasteiger charge is 2.26. The molecule has 2 rings (SSSR count). The molecule has 0 aliphatic heterocycles. The van der Waals surface area contributed by atoms with Gasteiger partial charge in [-0.15, -0.1) is 0 Å². The van der Waals surface area contributed by atoms with Gasteiger partial charge in [0.05, 0.1) is 0 Å². The lowest BCUT2D eigenvalue weighted by molar-refractivity contribution is 0.296. The number of hydrogen-bond acceptors (Lipinski definition) is 0. The number of aryl methyl sites for hydroxylation is 1. The van der Waals surface area contributed by atoms with Crippen molar-refractivity contribution in [3.8, 4) is 0 Å². The van der Waals surface area contributed by atoms with E-state index >= 15 is 0 Å². The predicted octanol–water partition coefficient (Wildman–Crippen LogP) is 7.94. The van der Waals surface area contributed by atoms with Gasteiger partial charge in [0.1, 0.15) is 0 Å². The zero-order valence-electron chi connectivity index (χ0n) is 16.3. The fourth-order valence-electron chi connectivity index (χ4n) is 4.36. The molecular weight excluding hydrogens is 314 g/mol. The van der Waals surface area contributed by atoms with Gasteiger partial charge in [-0.2, -0.15) is 0 Å². The van der Waals surface area contributed by atoms with Crippen molar-refractivity contribution < 1.29 is 8.78 Å². The molecule has 0 aromatic heterocycles. The van der Waals surface area contributed by atoms with E-state index in [4.69, 9.17) is 0 Å².